The van der Waals surface area contributed by atoms with Gasteiger partial charge in [0.1, 0.15) is 0 Å². The molecule has 0 bridgehead atoms. The van der Waals surface area contributed by atoms with Crippen LogP contribution in [0.1, 0.15) is 42.6 Å². The smallest absolute Gasteiger partial charge is 0.372 e. The van der Waals surface area contributed by atoms with E-state index in [0.717, 1.165) is 18.9 Å². The van der Waals surface area contributed by atoms with E-state index in [2.05, 4.69) is 0 Å². The number of carbonyl (C=O) groups excluding carboxylic acids is 1. The Morgan fingerprint density at radius 2 is 2.00 bits per heavy atom. The van der Waals surface area contributed by atoms with Crippen molar-refractivity contribution >= 4 is 12.0 Å². The maximum absolute atomic E-state index is 12.9. The highest BCUT2D eigenvalue weighted by Gasteiger charge is 2.34. The standard InChI is InChI=1S/C14H18F3NO/c1-4-5-10(2)18(3)12-7-6-11(9-19)13(8-12)14(15,16)17/h6-10H,4-5H2,1-3H3. The molecule has 0 spiro atoms. The molecule has 0 aliphatic heterocycles. The molecule has 0 aromatic heterocycles. The molecule has 1 atom stereocenters. The number of nitrogens with zero attached hydrogens (tertiary/aromatic N) is 1. The molecule has 19 heavy (non-hydrogen) atoms. The summed E-state index contributed by atoms with van der Waals surface area (Å²) in [5.41, 5.74) is -0.734. The molecule has 1 aromatic rings. The average Bonchev–Trinajstić information content (AvgIpc) is 2.36. The lowest BCUT2D eigenvalue weighted by Crippen LogP contribution is -2.29. The van der Waals surface area contributed by atoms with Gasteiger partial charge in [0.25, 0.3) is 0 Å². The minimum atomic E-state index is -4.51. The van der Waals surface area contributed by atoms with Crippen molar-refractivity contribution in [2.75, 3.05) is 11.9 Å². The lowest BCUT2D eigenvalue weighted by molar-refractivity contribution is -0.137. The lowest BCUT2D eigenvalue weighted by atomic mass is 10.1. The molecular formula is C14H18F3NO. The predicted molar refractivity (Wildman–Crippen MR) is 69.6 cm³/mol. The number of anilines is 1. The third-order valence-corrected chi connectivity index (χ3v) is 3.24. The van der Waals surface area contributed by atoms with Crippen molar-refractivity contribution in [2.24, 2.45) is 0 Å². The molecule has 1 aromatic carbocycles. The van der Waals surface area contributed by atoms with E-state index in [-0.39, 0.29) is 17.9 Å². The number of hydrogen-bond donors (Lipinski definition) is 0. The molecule has 0 heterocycles. The monoisotopic (exact) mass is 273 g/mol. The highest BCUT2D eigenvalue weighted by Crippen LogP contribution is 2.34. The Morgan fingerprint density at radius 1 is 1.37 bits per heavy atom. The fraction of sp³-hybridized carbons (Fsp3) is 0.500. The van der Waals surface area contributed by atoms with Gasteiger partial charge in [0.2, 0.25) is 0 Å². The summed E-state index contributed by atoms with van der Waals surface area (Å²) in [6, 6.07) is 3.95. The van der Waals surface area contributed by atoms with Crippen molar-refractivity contribution in [2.45, 2.75) is 38.9 Å². The largest absolute Gasteiger partial charge is 0.417 e. The molecule has 0 fully saturated rings. The Labute approximate surface area is 111 Å². The Bertz CT molecular complexity index is 443. The van der Waals surface area contributed by atoms with Crippen LogP contribution in [0.25, 0.3) is 0 Å². The summed E-state index contributed by atoms with van der Waals surface area (Å²) in [7, 11) is 1.76. The van der Waals surface area contributed by atoms with Crippen LogP contribution in [0.3, 0.4) is 0 Å². The van der Waals surface area contributed by atoms with Crippen LogP contribution >= 0.6 is 0 Å². The fourth-order valence-corrected chi connectivity index (χ4v) is 1.98. The van der Waals surface area contributed by atoms with E-state index in [1.165, 1.54) is 6.07 Å². The number of aldehydes is 1. The summed E-state index contributed by atoms with van der Waals surface area (Å²) in [6.45, 7) is 3.99. The van der Waals surface area contributed by atoms with E-state index in [1.807, 2.05) is 13.8 Å². The Kier molecular flexibility index (Phi) is 4.97. The normalized spacial score (nSPS) is 13.2. The zero-order valence-electron chi connectivity index (χ0n) is 11.3. The van der Waals surface area contributed by atoms with Crippen molar-refractivity contribution in [1.29, 1.82) is 0 Å². The van der Waals surface area contributed by atoms with E-state index in [1.54, 1.807) is 18.0 Å². The van der Waals surface area contributed by atoms with Crippen LogP contribution in [0, 0.1) is 0 Å². The van der Waals surface area contributed by atoms with Crippen molar-refractivity contribution in [3.8, 4) is 0 Å². The number of rotatable bonds is 5. The molecular weight excluding hydrogens is 255 g/mol. The van der Waals surface area contributed by atoms with Gasteiger partial charge in [-0.3, -0.25) is 4.79 Å². The van der Waals surface area contributed by atoms with Gasteiger partial charge < -0.3 is 4.90 Å². The molecule has 1 unspecified atom stereocenters. The van der Waals surface area contributed by atoms with E-state index in [4.69, 9.17) is 0 Å². The molecule has 0 radical (unpaired) electrons. The second-order valence-corrected chi connectivity index (χ2v) is 4.64. The number of alkyl halides is 3. The first-order valence-corrected chi connectivity index (χ1v) is 6.20. The number of carbonyl (C=O) groups is 1. The second-order valence-electron chi connectivity index (χ2n) is 4.64. The predicted octanol–water partition coefficient (Wildman–Crippen LogP) is 4.14. The van der Waals surface area contributed by atoms with Gasteiger partial charge in [-0.05, 0) is 31.5 Å². The van der Waals surface area contributed by atoms with Crippen molar-refractivity contribution in [1.82, 2.24) is 0 Å². The topological polar surface area (TPSA) is 20.3 Å². The van der Waals surface area contributed by atoms with Crippen molar-refractivity contribution in [3.63, 3.8) is 0 Å². The lowest BCUT2D eigenvalue weighted by Gasteiger charge is -2.27. The molecule has 0 aliphatic rings. The van der Waals surface area contributed by atoms with E-state index in [0.29, 0.717) is 5.69 Å². The van der Waals surface area contributed by atoms with Gasteiger partial charge >= 0.3 is 6.18 Å². The summed E-state index contributed by atoms with van der Waals surface area (Å²) in [6.07, 6.45) is -2.42. The zero-order chi connectivity index (χ0) is 14.6. The van der Waals surface area contributed by atoms with Crippen molar-refractivity contribution in [3.05, 3.63) is 29.3 Å². The first kappa shape index (κ1) is 15.5. The molecule has 0 aliphatic carbocycles. The number of halogens is 3. The van der Waals surface area contributed by atoms with Gasteiger partial charge in [0, 0.05) is 24.3 Å². The number of hydrogen-bond acceptors (Lipinski definition) is 2. The summed E-state index contributed by atoms with van der Waals surface area (Å²) >= 11 is 0. The molecule has 0 saturated carbocycles. The SMILES string of the molecule is CCCC(C)N(C)c1ccc(C=O)c(C(F)(F)F)c1. The fourth-order valence-electron chi connectivity index (χ4n) is 1.98. The van der Waals surface area contributed by atoms with E-state index >= 15 is 0 Å². The first-order valence-electron chi connectivity index (χ1n) is 6.20. The summed E-state index contributed by atoms with van der Waals surface area (Å²) in [5, 5.41) is 0. The van der Waals surface area contributed by atoms with E-state index < -0.39 is 11.7 Å². The van der Waals surface area contributed by atoms with Crippen LogP contribution in [0.2, 0.25) is 0 Å². The molecule has 106 valence electrons. The third-order valence-electron chi connectivity index (χ3n) is 3.24. The van der Waals surface area contributed by atoms with Crippen LogP contribution in [0.5, 0.6) is 0 Å². The summed E-state index contributed by atoms with van der Waals surface area (Å²) < 4.78 is 38.6. The first-order chi connectivity index (χ1) is 8.81. The highest BCUT2D eigenvalue weighted by molar-refractivity contribution is 5.79. The minimum absolute atomic E-state index is 0.146. The van der Waals surface area contributed by atoms with Gasteiger partial charge in [-0.25, -0.2) is 0 Å². The van der Waals surface area contributed by atoms with Crippen molar-refractivity contribution < 1.29 is 18.0 Å². The molecule has 5 heteroatoms. The minimum Gasteiger partial charge on any atom is -0.372 e. The average molecular weight is 273 g/mol. The number of benzene rings is 1. The van der Waals surface area contributed by atoms with Crippen LogP contribution in [-0.4, -0.2) is 19.4 Å². The van der Waals surface area contributed by atoms with Gasteiger partial charge in [-0.2, -0.15) is 13.2 Å². The second kappa shape index (κ2) is 6.08. The third kappa shape index (κ3) is 3.72. The van der Waals surface area contributed by atoms with Gasteiger partial charge in [-0.15, -0.1) is 0 Å². The van der Waals surface area contributed by atoms with Crippen LogP contribution in [-0.2, 0) is 6.18 Å². The zero-order valence-corrected chi connectivity index (χ0v) is 11.3. The van der Waals surface area contributed by atoms with Crippen LogP contribution in [0.4, 0.5) is 18.9 Å². The quantitative estimate of drug-likeness (QED) is 0.751. The van der Waals surface area contributed by atoms with Gasteiger partial charge in [-0.1, -0.05) is 13.3 Å². The van der Waals surface area contributed by atoms with Crippen LogP contribution < -0.4 is 4.90 Å². The summed E-state index contributed by atoms with van der Waals surface area (Å²) in [5.74, 6) is 0. The summed E-state index contributed by atoms with van der Waals surface area (Å²) in [4.78, 5) is 12.5. The maximum Gasteiger partial charge on any atom is 0.417 e. The molecule has 0 N–H and O–H groups in total. The Morgan fingerprint density at radius 3 is 2.47 bits per heavy atom. The van der Waals surface area contributed by atoms with Gasteiger partial charge in [0.15, 0.2) is 6.29 Å². The molecule has 0 saturated heterocycles. The highest BCUT2D eigenvalue weighted by atomic mass is 19.4. The van der Waals surface area contributed by atoms with Gasteiger partial charge in [0.05, 0.1) is 5.56 Å². The maximum atomic E-state index is 12.9. The molecule has 1 rings (SSSR count). The Balaban J connectivity index is 3.15. The molecule has 0 amide bonds. The van der Waals surface area contributed by atoms with Crippen LogP contribution in [0.15, 0.2) is 18.2 Å². The van der Waals surface area contributed by atoms with E-state index in [9.17, 15) is 18.0 Å². The molecule has 2 nitrogen and oxygen atoms in total. The Hall–Kier alpha value is -1.52.